The summed E-state index contributed by atoms with van der Waals surface area (Å²) in [4.78, 5) is 14.3. The van der Waals surface area contributed by atoms with Gasteiger partial charge >= 0.3 is 0 Å². The first-order valence-corrected chi connectivity index (χ1v) is 4.62. The first-order valence-electron chi connectivity index (χ1n) is 4.62. The van der Waals surface area contributed by atoms with Crippen molar-refractivity contribution in [2.75, 3.05) is 5.73 Å². The van der Waals surface area contributed by atoms with Crippen LogP contribution in [-0.2, 0) is 6.42 Å². The molecule has 72 valence electrons. The van der Waals surface area contributed by atoms with E-state index in [0.717, 1.165) is 22.9 Å². The summed E-state index contributed by atoms with van der Waals surface area (Å²) in [5, 5.41) is 0.987. The number of hydrogen-bond acceptors (Lipinski definition) is 2. The minimum atomic E-state index is -0.00947. The van der Waals surface area contributed by atoms with Gasteiger partial charge in [0.1, 0.15) is 0 Å². The maximum atomic E-state index is 11.5. The number of rotatable bonds is 1. The zero-order chi connectivity index (χ0) is 10.1. The number of nitrogen functional groups attached to an aromatic ring is 1. The Morgan fingerprint density at radius 2 is 2.14 bits per heavy atom. The highest BCUT2D eigenvalue weighted by atomic mass is 16.1. The van der Waals surface area contributed by atoms with Crippen molar-refractivity contribution in [3.8, 4) is 0 Å². The van der Waals surface area contributed by atoms with Gasteiger partial charge in [0.05, 0.1) is 0 Å². The van der Waals surface area contributed by atoms with Gasteiger partial charge in [-0.05, 0) is 30.7 Å². The van der Waals surface area contributed by atoms with Crippen LogP contribution < -0.4 is 11.3 Å². The number of hydrogen-bond donors (Lipinski definition) is 2. The molecule has 1 aromatic carbocycles. The molecule has 0 saturated heterocycles. The number of aromatic amines is 1. The number of aryl methyl sites for hydroxylation is 1. The van der Waals surface area contributed by atoms with Gasteiger partial charge in [-0.15, -0.1) is 0 Å². The summed E-state index contributed by atoms with van der Waals surface area (Å²) in [7, 11) is 0. The predicted octanol–water partition coefficient (Wildman–Crippen LogP) is 1.67. The lowest BCUT2D eigenvalue weighted by Crippen LogP contribution is -2.11. The molecule has 0 fully saturated rings. The predicted molar refractivity (Wildman–Crippen MR) is 58.4 cm³/mol. The molecule has 0 spiro atoms. The zero-order valence-corrected chi connectivity index (χ0v) is 8.00. The summed E-state index contributed by atoms with van der Waals surface area (Å²) in [6.45, 7) is 1.96. The van der Waals surface area contributed by atoms with E-state index in [-0.39, 0.29) is 5.56 Å². The second-order valence-electron chi connectivity index (χ2n) is 3.32. The fraction of sp³-hybridized carbons (Fsp3) is 0.182. The molecule has 2 aromatic rings. The summed E-state index contributed by atoms with van der Waals surface area (Å²) in [5.74, 6) is 0. The molecule has 3 heteroatoms. The van der Waals surface area contributed by atoms with Crippen LogP contribution in [-0.4, -0.2) is 4.98 Å². The average Bonchev–Trinajstić information content (AvgIpc) is 2.17. The van der Waals surface area contributed by atoms with Crippen LogP contribution in [0.5, 0.6) is 0 Å². The number of nitrogens with one attached hydrogen (secondary N) is 1. The minimum absolute atomic E-state index is 0.00947. The van der Waals surface area contributed by atoms with Gasteiger partial charge in [-0.1, -0.05) is 6.92 Å². The summed E-state index contributed by atoms with van der Waals surface area (Å²) < 4.78 is 0. The smallest absolute Gasteiger partial charge is 0.251 e. The standard InChI is InChI=1S/C11H12N2O/c1-2-7-5-8-6-9(12)3-4-10(8)13-11(7)14/h3-6H,2,12H2,1H3,(H,13,14). The average molecular weight is 188 g/mol. The number of nitrogens with two attached hydrogens (primary N) is 1. The van der Waals surface area contributed by atoms with Crippen molar-refractivity contribution in [2.45, 2.75) is 13.3 Å². The maximum Gasteiger partial charge on any atom is 0.251 e. The van der Waals surface area contributed by atoms with Crippen LogP contribution in [0.1, 0.15) is 12.5 Å². The normalized spacial score (nSPS) is 10.6. The topological polar surface area (TPSA) is 58.9 Å². The molecule has 0 radical (unpaired) electrons. The maximum absolute atomic E-state index is 11.5. The van der Waals surface area contributed by atoms with Crippen molar-refractivity contribution in [1.82, 2.24) is 4.98 Å². The van der Waals surface area contributed by atoms with Gasteiger partial charge in [0.15, 0.2) is 0 Å². The molecule has 0 saturated carbocycles. The Kier molecular flexibility index (Phi) is 2.00. The van der Waals surface area contributed by atoms with Crippen LogP contribution in [0.25, 0.3) is 10.9 Å². The fourth-order valence-electron chi connectivity index (χ4n) is 1.53. The van der Waals surface area contributed by atoms with Gasteiger partial charge in [0.2, 0.25) is 0 Å². The lowest BCUT2D eigenvalue weighted by molar-refractivity contribution is 1.08. The second kappa shape index (κ2) is 3.18. The molecule has 0 unspecified atom stereocenters. The monoisotopic (exact) mass is 188 g/mol. The number of aromatic nitrogens is 1. The van der Waals surface area contributed by atoms with Crippen molar-refractivity contribution in [3.63, 3.8) is 0 Å². The number of benzene rings is 1. The van der Waals surface area contributed by atoms with E-state index in [9.17, 15) is 4.79 Å². The van der Waals surface area contributed by atoms with E-state index in [1.807, 2.05) is 25.1 Å². The summed E-state index contributed by atoms with van der Waals surface area (Å²) in [6.07, 6.45) is 0.736. The molecule has 0 aliphatic carbocycles. The van der Waals surface area contributed by atoms with Gasteiger partial charge in [-0.25, -0.2) is 0 Å². The largest absolute Gasteiger partial charge is 0.399 e. The van der Waals surface area contributed by atoms with Crippen molar-refractivity contribution in [1.29, 1.82) is 0 Å². The van der Waals surface area contributed by atoms with Crippen LogP contribution in [0.4, 0.5) is 5.69 Å². The lowest BCUT2D eigenvalue weighted by Gasteiger charge is -2.01. The van der Waals surface area contributed by atoms with Gasteiger partial charge < -0.3 is 10.7 Å². The Morgan fingerprint density at radius 1 is 1.36 bits per heavy atom. The third-order valence-corrected chi connectivity index (χ3v) is 2.33. The molecule has 0 bridgehead atoms. The molecule has 0 amide bonds. The molecule has 14 heavy (non-hydrogen) atoms. The van der Waals surface area contributed by atoms with Crippen molar-refractivity contribution in [3.05, 3.63) is 40.2 Å². The third kappa shape index (κ3) is 1.37. The van der Waals surface area contributed by atoms with Crippen LogP contribution in [0.3, 0.4) is 0 Å². The van der Waals surface area contributed by atoms with Crippen molar-refractivity contribution < 1.29 is 0 Å². The molecular weight excluding hydrogens is 176 g/mol. The Morgan fingerprint density at radius 3 is 2.86 bits per heavy atom. The molecule has 3 N–H and O–H groups in total. The summed E-state index contributed by atoms with van der Waals surface area (Å²) in [6, 6.07) is 7.37. The number of fused-ring (bicyclic) bond motifs is 1. The molecular formula is C11H12N2O. The van der Waals surface area contributed by atoms with Gasteiger partial charge in [0.25, 0.3) is 5.56 Å². The van der Waals surface area contributed by atoms with Crippen LogP contribution >= 0.6 is 0 Å². The Balaban J connectivity index is 2.80. The molecule has 2 rings (SSSR count). The third-order valence-electron chi connectivity index (χ3n) is 2.33. The van der Waals surface area contributed by atoms with E-state index < -0.39 is 0 Å². The summed E-state index contributed by atoms with van der Waals surface area (Å²) >= 11 is 0. The second-order valence-corrected chi connectivity index (χ2v) is 3.32. The number of pyridine rings is 1. The number of anilines is 1. The SMILES string of the molecule is CCc1cc2cc(N)ccc2[nH]c1=O. The quantitative estimate of drug-likeness (QED) is 0.669. The minimum Gasteiger partial charge on any atom is -0.399 e. The van der Waals surface area contributed by atoms with Crippen LogP contribution in [0.15, 0.2) is 29.1 Å². The van der Waals surface area contributed by atoms with Crippen LogP contribution in [0, 0.1) is 0 Å². The Bertz CT molecular complexity index is 528. The van der Waals surface area contributed by atoms with E-state index in [2.05, 4.69) is 4.98 Å². The summed E-state index contributed by atoms with van der Waals surface area (Å²) in [5.41, 5.74) is 8.00. The molecule has 1 aromatic heterocycles. The highest BCUT2D eigenvalue weighted by Gasteiger charge is 2.00. The van der Waals surface area contributed by atoms with Gasteiger partial charge in [0, 0.05) is 22.2 Å². The molecule has 3 nitrogen and oxygen atoms in total. The molecule has 0 atom stereocenters. The van der Waals surface area contributed by atoms with E-state index in [0.29, 0.717) is 5.69 Å². The Labute approximate surface area is 81.6 Å². The zero-order valence-electron chi connectivity index (χ0n) is 8.00. The van der Waals surface area contributed by atoms with Gasteiger partial charge in [-0.2, -0.15) is 0 Å². The van der Waals surface area contributed by atoms with E-state index in [4.69, 9.17) is 5.73 Å². The van der Waals surface area contributed by atoms with E-state index in [1.165, 1.54) is 0 Å². The first-order chi connectivity index (χ1) is 6.70. The molecule has 0 aliphatic heterocycles. The molecule has 0 aliphatic rings. The van der Waals surface area contributed by atoms with Crippen LogP contribution in [0.2, 0.25) is 0 Å². The van der Waals surface area contributed by atoms with Gasteiger partial charge in [-0.3, -0.25) is 4.79 Å². The lowest BCUT2D eigenvalue weighted by atomic mass is 10.1. The fourth-order valence-corrected chi connectivity index (χ4v) is 1.53. The van der Waals surface area contributed by atoms with Crippen molar-refractivity contribution >= 4 is 16.6 Å². The molecule has 1 heterocycles. The first kappa shape index (κ1) is 8.81. The van der Waals surface area contributed by atoms with Crippen molar-refractivity contribution in [2.24, 2.45) is 0 Å². The highest BCUT2D eigenvalue weighted by Crippen LogP contribution is 2.14. The van der Waals surface area contributed by atoms with E-state index >= 15 is 0 Å². The number of H-pyrrole nitrogens is 1. The highest BCUT2D eigenvalue weighted by molar-refractivity contribution is 5.82. The van der Waals surface area contributed by atoms with E-state index in [1.54, 1.807) is 6.07 Å². The Hall–Kier alpha value is -1.77.